The largest absolute Gasteiger partial charge is 0.493 e. The number of carbonyl (C=O) groups is 1. The molecule has 0 fully saturated rings. The van der Waals surface area contributed by atoms with Crippen molar-refractivity contribution in [2.24, 2.45) is 0 Å². The van der Waals surface area contributed by atoms with E-state index < -0.39 is 0 Å². The minimum Gasteiger partial charge on any atom is -0.493 e. The Hall–Kier alpha value is -3.12. The maximum absolute atomic E-state index is 12.2. The highest BCUT2D eigenvalue weighted by atomic mass is 35.5. The van der Waals surface area contributed by atoms with Crippen LogP contribution in [0.25, 0.3) is 0 Å². The van der Waals surface area contributed by atoms with E-state index in [9.17, 15) is 4.79 Å². The number of hydrogen-bond acceptors (Lipinski definition) is 5. The summed E-state index contributed by atoms with van der Waals surface area (Å²) in [6, 6.07) is 12.5. The summed E-state index contributed by atoms with van der Waals surface area (Å²) in [4.78, 5) is 20.0. The van der Waals surface area contributed by atoms with Crippen molar-refractivity contribution in [2.75, 3.05) is 7.11 Å². The number of ether oxygens (including phenoxy) is 2. The van der Waals surface area contributed by atoms with Crippen molar-refractivity contribution < 1.29 is 14.3 Å². The number of rotatable bonds is 7. The first kappa shape index (κ1) is 18.7. The zero-order chi connectivity index (χ0) is 19.1. The predicted octanol–water partition coefficient (Wildman–Crippen LogP) is 3.65. The smallest absolute Gasteiger partial charge is 0.253 e. The Bertz CT molecular complexity index is 902. The number of benzene rings is 1. The quantitative estimate of drug-likeness (QED) is 0.630. The van der Waals surface area contributed by atoms with Crippen LogP contribution in [0, 0.1) is 0 Å². The second-order valence-electron chi connectivity index (χ2n) is 5.68. The van der Waals surface area contributed by atoms with Crippen LogP contribution in [0.3, 0.4) is 0 Å². The first-order valence-electron chi connectivity index (χ1n) is 8.24. The molecule has 0 aliphatic carbocycles. The second-order valence-corrected chi connectivity index (χ2v) is 6.07. The van der Waals surface area contributed by atoms with Gasteiger partial charge in [0.05, 0.1) is 12.7 Å². The van der Waals surface area contributed by atoms with E-state index in [0.29, 0.717) is 35.4 Å². The van der Waals surface area contributed by atoms with Gasteiger partial charge < -0.3 is 14.8 Å². The number of nitrogens with one attached hydrogen (secondary N) is 1. The molecule has 0 unspecified atom stereocenters. The molecule has 2 aromatic heterocycles. The van der Waals surface area contributed by atoms with Crippen LogP contribution in [0.1, 0.15) is 21.5 Å². The van der Waals surface area contributed by atoms with Gasteiger partial charge in [0, 0.05) is 25.1 Å². The third-order valence-corrected chi connectivity index (χ3v) is 4.04. The molecule has 0 aliphatic heterocycles. The minimum absolute atomic E-state index is 0.226. The van der Waals surface area contributed by atoms with Gasteiger partial charge in [-0.3, -0.25) is 9.78 Å². The zero-order valence-electron chi connectivity index (χ0n) is 14.7. The minimum atomic E-state index is -0.226. The van der Waals surface area contributed by atoms with Gasteiger partial charge in [0.1, 0.15) is 11.8 Å². The van der Waals surface area contributed by atoms with Crippen LogP contribution < -0.4 is 14.8 Å². The third kappa shape index (κ3) is 5.18. The number of aromatic nitrogens is 2. The van der Waals surface area contributed by atoms with Crippen molar-refractivity contribution in [2.45, 2.75) is 13.2 Å². The standard InChI is InChI=1S/C20H18ClN3O3/c1-26-18-10-15(11-24-20(25)16-3-5-19(21)23-12-16)2-4-17(18)27-13-14-6-8-22-9-7-14/h2-10,12H,11,13H2,1H3,(H,24,25). The van der Waals surface area contributed by atoms with E-state index in [1.165, 1.54) is 6.20 Å². The van der Waals surface area contributed by atoms with Gasteiger partial charge in [-0.05, 0) is 47.5 Å². The fourth-order valence-corrected chi connectivity index (χ4v) is 2.49. The fourth-order valence-electron chi connectivity index (χ4n) is 2.38. The molecule has 1 amide bonds. The van der Waals surface area contributed by atoms with Gasteiger partial charge in [0.2, 0.25) is 0 Å². The van der Waals surface area contributed by atoms with Crippen molar-refractivity contribution in [3.05, 3.63) is 82.9 Å². The number of nitrogens with zero attached hydrogens (tertiary/aromatic N) is 2. The Morgan fingerprint density at radius 1 is 1.07 bits per heavy atom. The molecule has 138 valence electrons. The topological polar surface area (TPSA) is 73.3 Å². The van der Waals surface area contributed by atoms with Crippen molar-refractivity contribution >= 4 is 17.5 Å². The fraction of sp³-hybridized carbons (Fsp3) is 0.150. The Morgan fingerprint density at radius 2 is 1.89 bits per heavy atom. The van der Waals surface area contributed by atoms with E-state index >= 15 is 0 Å². The summed E-state index contributed by atoms with van der Waals surface area (Å²) in [5.41, 5.74) is 2.35. The predicted molar refractivity (Wildman–Crippen MR) is 102 cm³/mol. The van der Waals surface area contributed by atoms with Gasteiger partial charge in [-0.2, -0.15) is 0 Å². The van der Waals surface area contributed by atoms with Crippen molar-refractivity contribution in [1.29, 1.82) is 0 Å². The Kier molecular flexibility index (Phi) is 6.22. The summed E-state index contributed by atoms with van der Waals surface area (Å²) in [5, 5.41) is 3.18. The number of amides is 1. The van der Waals surface area contributed by atoms with Gasteiger partial charge in [-0.25, -0.2) is 4.98 Å². The Labute approximate surface area is 162 Å². The lowest BCUT2D eigenvalue weighted by atomic mass is 10.2. The number of methoxy groups -OCH3 is 1. The molecule has 0 atom stereocenters. The lowest BCUT2D eigenvalue weighted by Crippen LogP contribution is -2.22. The molecule has 0 spiro atoms. The summed E-state index contributed by atoms with van der Waals surface area (Å²) in [5.74, 6) is 1.01. The molecule has 1 N–H and O–H groups in total. The van der Waals surface area contributed by atoms with Gasteiger partial charge >= 0.3 is 0 Å². The first-order chi connectivity index (χ1) is 13.2. The molecule has 3 rings (SSSR count). The van der Waals surface area contributed by atoms with Gasteiger partial charge in [-0.1, -0.05) is 17.7 Å². The molecular weight excluding hydrogens is 366 g/mol. The summed E-state index contributed by atoms with van der Waals surface area (Å²) >= 11 is 5.73. The first-order valence-corrected chi connectivity index (χ1v) is 8.62. The van der Waals surface area contributed by atoms with E-state index in [4.69, 9.17) is 21.1 Å². The number of hydrogen-bond donors (Lipinski definition) is 1. The third-order valence-electron chi connectivity index (χ3n) is 3.81. The molecule has 7 heteroatoms. The van der Waals surface area contributed by atoms with E-state index in [2.05, 4.69) is 15.3 Å². The van der Waals surface area contributed by atoms with Crippen LogP contribution in [0.2, 0.25) is 5.15 Å². The van der Waals surface area contributed by atoms with Crippen LogP contribution in [0.5, 0.6) is 11.5 Å². The highest BCUT2D eigenvalue weighted by Gasteiger charge is 2.09. The molecule has 0 bridgehead atoms. The van der Waals surface area contributed by atoms with Crippen LogP contribution in [-0.4, -0.2) is 23.0 Å². The SMILES string of the molecule is COc1cc(CNC(=O)c2ccc(Cl)nc2)ccc1OCc1ccncc1. The number of pyridine rings is 2. The molecule has 0 aliphatic rings. The molecule has 3 aromatic rings. The summed E-state index contributed by atoms with van der Waals surface area (Å²) < 4.78 is 11.2. The molecule has 0 saturated heterocycles. The Morgan fingerprint density at radius 3 is 2.59 bits per heavy atom. The molecule has 6 nitrogen and oxygen atoms in total. The zero-order valence-corrected chi connectivity index (χ0v) is 15.4. The summed E-state index contributed by atoms with van der Waals surface area (Å²) in [6.07, 6.45) is 4.88. The molecule has 1 aromatic carbocycles. The van der Waals surface area contributed by atoms with Crippen molar-refractivity contribution in [3.63, 3.8) is 0 Å². The van der Waals surface area contributed by atoms with E-state index in [-0.39, 0.29) is 5.91 Å². The van der Waals surface area contributed by atoms with E-state index in [1.807, 2.05) is 30.3 Å². The van der Waals surface area contributed by atoms with Crippen LogP contribution in [0.4, 0.5) is 0 Å². The lowest BCUT2D eigenvalue weighted by molar-refractivity contribution is 0.0950. The molecular formula is C20H18ClN3O3. The molecule has 0 saturated carbocycles. The summed E-state index contributed by atoms with van der Waals surface area (Å²) in [7, 11) is 1.58. The molecule has 27 heavy (non-hydrogen) atoms. The maximum atomic E-state index is 12.2. The van der Waals surface area contributed by atoms with Crippen LogP contribution in [-0.2, 0) is 13.2 Å². The molecule has 2 heterocycles. The average Bonchev–Trinajstić information content (AvgIpc) is 2.72. The highest BCUT2D eigenvalue weighted by molar-refractivity contribution is 6.29. The van der Waals surface area contributed by atoms with Crippen LogP contribution in [0.15, 0.2) is 61.1 Å². The average molecular weight is 384 g/mol. The van der Waals surface area contributed by atoms with Gasteiger partial charge in [-0.15, -0.1) is 0 Å². The Balaban J connectivity index is 1.61. The lowest BCUT2D eigenvalue weighted by Gasteiger charge is -2.13. The number of carbonyl (C=O) groups excluding carboxylic acids is 1. The summed E-state index contributed by atoms with van der Waals surface area (Å²) in [6.45, 7) is 0.765. The van der Waals surface area contributed by atoms with Crippen molar-refractivity contribution in [1.82, 2.24) is 15.3 Å². The van der Waals surface area contributed by atoms with Crippen LogP contribution >= 0.6 is 11.6 Å². The number of halogens is 1. The molecule has 0 radical (unpaired) electrons. The second kappa shape index (κ2) is 9.00. The maximum Gasteiger partial charge on any atom is 0.253 e. The normalized spacial score (nSPS) is 10.3. The highest BCUT2D eigenvalue weighted by Crippen LogP contribution is 2.28. The van der Waals surface area contributed by atoms with E-state index in [1.54, 1.807) is 31.6 Å². The van der Waals surface area contributed by atoms with Crippen molar-refractivity contribution in [3.8, 4) is 11.5 Å². The monoisotopic (exact) mass is 383 g/mol. The van der Waals surface area contributed by atoms with Gasteiger partial charge in [0.25, 0.3) is 5.91 Å². The van der Waals surface area contributed by atoms with Gasteiger partial charge in [0.15, 0.2) is 11.5 Å². The van der Waals surface area contributed by atoms with E-state index in [0.717, 1.165) is 11.1 Å².